The highest BCUT2D eigenvalue weighted by Gasteiger charge is 2.22. The molecule has 0 aliphatic heterocycles. The van der Waals surface area contributed by atoms with Crippen LogP contribution in [0.2, 0.25) is 0 Å². The zero-order chi connectivity index (χ0) is 21.8. The lowest BCUT2D eigenvalue weighted by molar-refractivity contribution is 0.118. The van der Waals surface area contributed by atoms with Gasteiger partial charge in [-0.3, -0.25) is 4.79 Å². The Kier molecular flexibility index (Phi) is 6.23. The second-order valence-electron chi connectivity index (χ2n) is 7.83. The fourth-order valence-corrected chi connectivity index (χ4v) is 3.83. The Hall–Kier alpha value is -3.32. The number of rotatable bonds is 8. The van der Waals surface area contributed by atoms with E-state index in [0.717, 1.165) is 18.4 Å². The molecule has 0 amide bonds. The quantitative estimate of drug-likeness (QED) is 0.454. The fraction of sp³-hybridized carbons (Fsp3) is 0.292. The number of H-pyrrole nitrogens is 1. The van der Waals surface area contributed by atoms with Crippen molar-refractivity contribution >= 4 is 11.0 Å². The van der Waals surface area contributed by atoms with Gasteiger partial charge in [0, 0.05) is 6.42 Å². The molecule has 2 atom stereocenters. The molecule has 31 heavy (non-hydrogen) atoms. The summed E-state index contributed by atoms with van der Waals surface area (Å²) in [5, 5.41) is 15.2. The van der Waals surface area contributed by atoms with Gasteiger partial charge in [0.25, 0.3) is 5.56 Å². The van der Waals surface area contributed by atoms with Crippen molar-refractivity contribution in [1.29, 1.82) is 0 Å². The van der Waals surface area contributed by atoms with Crippen molar-refractivity contribution < 1.29 is 9.50 Å². The standard InChI is InChI=1S/C24H25FN4O2/c1-16(30)21(9-5-8-17-6-3-2-4-7-17)29-23-20(15-26-29)24(31)28-22(27-23)14-18-10-12-19(25)13-11-18/h2-4,6-7,10-13,15-16,21,30H,5,8-9,14H2,1H3,(H,27,28,31). The molecule has 2 unspecified atom stereocenters. The van der Waals surface area contributed by atoms with E-state index in [1.54, 1.807) is 23.7 Å². The van der Waals surface area contributed by atoms with Gasteiger partial charge in [0.15, 0.2) is 5.65 Å². The SMILES string of the molecule is CC(O)C(CCCc1ccccc1)n1ncc2c(=O)[nH]c(Cc3ccc(F)cc3)nc21. The number of aliphatic hydroxyl groups excluding tert-OH is 1. The number of aryl methyl sites for hydroxylation is 1. The number of fused-ring (bicyclic) bond motifs is 1. The highest BCUT2D eigenvalue weighted by molar-refractivity contribution is 5.73. The van der Waals surface area contributed by atoms with Gasteiger partial charge in [-0.1, -0.05) is 42.5 Å². The molecule has 0 bridgehead atoms. The van der Waals surface area contributed by atoms with E-state index < -0.39 is 6.10 Å². The molecule has 2 N–H and O–H groups in total. The summed E-state index contributed by atoms with van der Waals surface area (Å²) in [6.45, 7) is 1.73. The minimum Gasteiger partial charge on any atom is -0.391 e. The van der Waals surface area contributed by atoms with Gasteiger partial charge in [0.05, 0.1) is 18.3 Å². The first-order chi connectivity index (χ1) is 15.0. The topological polar surface area (TPSA) is 83.8 Å². The van der Waals surface area contributed by atoms with Crippen molar-refractivity contribution in [3.8, 4) is 0 Å². The molecular weight excluding hydrogens is 395 g/mol. The number of aromatic nitrogens is 4. The Morgan fingerprint density at radius 1 is 1.10 bits per heavy atom. The van der Waals surface area contributed by atoms with Gasteiger partial charge in [0.1, 0.15) is 17.0 Å². The van der Waals surface area contributed by atoms with Crippen LogP contribution in [0.4, 0.5) is 4.39 Å². The van der Waals surface area contributed by atoms with E-state index in [2.05, 4.69) is 27.2 Å². The first-order valence-corrected chi connectivity index (χ1v) is 10.4. The number of aromatic amines is 1. The van der Waals surface area contributed by atoms with E-state index in [1.165, 1.54) is 23.9 Å². The minimum atomic E-state index is -0.652. The average molecular weight is 420 g/mol. The van der Waals surface area contributed by atoms with Crippen molar-refractivity contribution in [2.45, 2.75) is 44.8 Å². The first kappa shape index (κ1) is 20.9. The molecule has 0 fully saturated rings. The summed E-state index contributed by atoms with van der Waals surface area (Å²) in [5.74, 6) is 0.161. The van der Waals surface area contributed by atoms with E-state index in [4.69, 9.17) is 0 Å². The number of halogens is 1. The van der Waals surface area contributed by atoms with Crippen molar-refractivity contribution in [2.24, 2.45) is 0 Å². The molecule has 0 radical (unpaired) electrons. The number of aliphatic hydroxyl groups is 1. The van der Waals surface area contributed by atoms with Crippen LogP contribution in [0, 0.1) is 5.82 Å². The maximum atomic E-state index is 13.2. The molecule has 0 spiro atoms. The van der Waals surface area contributed by atoms with Crippen molar-refractivity contribution in [2.75, 3.05) is 0 Å². The number of hydrogen-bond acceptors (Lipinski definition) is 4. The fourth-order valence-electron chi connectivity index (χ4n) is 3.83. The second-order valence-corrected chi connectivity index (χ2v) is 7.83. The molecule has 0 aliphatic carbocycles. The number of hydrogen-bond donors (Lipinski definition) is 2. The third-order valence-electron chi connectivity index (χ3n) is 5.48. The van der Waals surface area contributed by atoms with Crippen LogP contribution < -0.4 is 5.56 Å². The molecule has 4 aromatic rings. The van der Waals surface area contributed by atoms with Crippen LogP contribution in [0.1, 0.15) is 42.8 Å². The van der Waals surface area contributed by atoms with E-state index in [9.17, 15) is 14.3 Å². The Bertz CT molecular complexity index is 1200. The molecule has 2 heterocycles. The van der Waals surface area contributed by atoms with Crippen molar-refractivity contribution in [3.63, 3.8) is 0 Å². The van der Waals surface area contributed by atoms with Crippen LogP contribution in [0.3, 0.4) is 0 Å². The molecule has 2 aromatic heterocycles. The lowest BCUT2D eigenvalue weighted by atomic mass is 10.0. The van der Waals surface area contributed by atoms with Gasteiger partial charge >= 0.3 is 0 Å². The van der Waals surface area contributed by atoms with Gasteiger partial charge in [-0.2, -0.15) is 5.10 Å². The molecule has 0 aliphatic rings. The first-order valence-electron chi connectivity index (χ1n) is 10.4. The minimum absolute atomic E-state index is 0.276. The summed E-state index contributed by atoms with van der Waals surface area (Å²) >= 11 is 0. The summed E-state index contributed by atoms with van der Waals surface area (Å²) in [7, 11) is 0. The third kappa shape index (κ3) is 4.88. The van der Waals surface area contributed by atoms with Gasteiger partial charge in [-0.15, -0.1) is 0 Å². The van der Waals surface area contributed by atoms with E-state index in [-0.39, 0.29) is 17.4 Å². The predicted molar refractivity (Wildman–Crippen MR) is 117 cm³/mol. The Labute approximate surface area is 179 Å². The summed E-state index contributed by atoms with van der Waals surface area (Å²) in [6.07, 6.45) is 3.67. The van der Waals surface area contributed by atoms with Gasteiger partial charge < -0.3 is 10.1 Å². The summed E-state index contributed by atoms with van der Waals surface area (Å²) in [5.41, 5.74) is 2.26. The largest absolute Gasteiger partial charge is 0.391 e. The lowest BCUT2D eigenvalue weighted by Gasteiger charge is -2.21. The molecule has 4 rings (SSSR count). The van der Waals surface area contributed by atoms with Crippen molar-refractivity contribution in [3.05, 3.63) is 93.9 Å². The number of nitrogens with zero attached hydrogens (tertiary/aromatic N) is 3. The van der Waals surface area contributed by atoms with Crippen molar-refractivity contribution in [1.82, 2.24) is 19.7 Å². The Morgan fingerprint density at radius 3 is 2.55 bits per heavy atom. The summed E-state index contributed by atoms with van der Waals surface area (Å²) in [6, 6.07) is 16.0. The third-order valence-corrected chi connectivity index (χ3v) is 5.48. The maximum absolute atomic E-state index is 13.2. The molecule has 160 valence electrons. The van der Waals surface area contributed by atoms with Crippen LogP contribution in [-0.4, -0.2) is 31.0 Å². The van der Waals surface area contributed by atoms with Gasteiger partial charge in [0.2, 0.25) is 0 Å². The Morgan fingerprint density at radius 2 is 1.84 bits per heavy atom. The predicted octanol–water partition coefficient (Wildman–Crippen LogP) is 3.79. The van der Waals surface area contributed by atoms with Gasteiger partial charge in [-0.25, -0.2) is 14.1 Å². The zero-order valence-corrected chi connectivity index (χ0v) is 17.3. The number of benzene rings is 2. The van der Waals surface area contributed by atoms with Crippen LogP contribution in [-0.2, 0) is 12.8 Å². The van der Waals surface area contributed by atoms with E-state index >= 15 is 0 Å². The molecule has 0 saturated heterocycles. The lowest BCUT2D eigenvalue weighted by Crippen LogP contribution is -2.24. The summed E-state index contributed by atoms with van der Waals surface area (Å²) in [4.78, 5) is 20.0. The average Bonchev–Trinajstić information content (AvgIpc) is 3.17. The highest BCUT2D eigenvalue weighted by atomic mass is 19.1. The van der Waals surface area contributed by atoms with Crippen LogP contribution >= 0.6 is 0 Å². The molecule has 2 aromatic carbocycles. The van der Waals surface area contributed by atoms with Crippen LogP contribution in [0.15, 0.2) is 65.6 Å². The molecule has 7 heteroatoms. The monoisotopic (exact) mass is 420 g/mol. The van der Waals surface area contributed by atoms with Crippen LogP contribution in [0.25, 0.3) is 11.0 Å². The second kappa shape index (κ2) is 9.22. The molecule has 0 saturated carbocycles. The molecule has 6 nitrogen and oxygen atoms in total. The summed E-state index contributed by atoms with van der Waals surface area (Å²) < 4.78 is 14.8. The maximum Gasteiger partial charge on any atom is 0.262 e. The van der Waals surface area contributed by atoms with Crippen LogP contribution in [0.5, 0.6) is 0 Å². The highest BCUT2D eigenvalue weighted by Crippen LogP contribution is 2.23. The van der Waals surface area contributed by atoms with E-state index in [0.29, 0.717) is 29.7 Å². The smallest absolute Gasteiger partial charge is 0.262 e. The zero-order valence-electron chi connectivity index (χ0n) is 17.3. The molecular formula is C24H25FN4O2. The number of nitrogens with one attached hydrogen (secondary N) is 1. The Balaban J connectivity index is 1.59. The van der Waals surface area contributed by atoms with E-state index in [1.807, 2.05) is 18.2 Å². The van der Waals surface area contributed by atoms with Gasteiger partial charge in [-0.05, 0) is 49.4 Å². The normalized spacial score (nSPS) is 13.4.